The van der Waals surface area contributed by atoms with Crippen molar-refractivity contribution in [1.82, 2.24) is 10.2 Å². The van der Waals surface area contributed by atoms with Gasteiger partial charge in [0.05, 0.1) is 6.10 Å². The van der Waals surface area contributed by atoms with E-state index in [4.69, 9.17) is 4.74 Å². The highest BCUT2D eigenvalue weighted by Gasteiger charge is 2.19. The topological polar surface area (TPSA) is 24.5 Å². The van der Waals surface area contributed by atoms with E-state index in [2.05, 4.69) is 55.2 Å². The SMILES string of the molecule is C=CCCC(C(=C)NC)N(C)Cc1cc(OC2CCCC2)ccc1C=C. The van der Waals surface area contributed by atoms with E-state index in [0.717, 1.165) is 36.4 Å². The molecular formula is C23H34N2O. The van der Waals surface area contributed by atoms with Gasteiger partial charge in [-0.1, -0.05) is 31.4 Å². The molecule has 1 N–H and O–H groups in total. The Hall–Kier alpha value is -2.00. The first-order valence-electron chi connectivity index (χ1n) is 9.68. The third-order valence-electron chi connectivity index (χ3n) is 5.26. The van der Waals surface area contributed by atoms with Crippen LogP contribution >= 0.6 is 0 Å². The third-order valence-corrected chi connectivity index (χ3v) is 5.26. The molecule has 0 aliphatic heterocycles. The van der Waals surface area contributed by atoms with Crippen LogP contribution in [0.15, 0.2) is 49.7 Å². The van der Waals surface area contributed by atoms with Crippen LogP contribution in [0, 0.1) is 0 Å². The van der Waals surface area contributed by atoms with Crippen LogP contribution in [0.5, 0.6) is 5.75 Å². The summed E-state index contributed by atoms with van der Waals surface area (Å²) in [5.74, 6) is 0.973. The van der Waals surface area contributed by atoms with Gasteiger partial charge in [0.25, 0.3) is 0 Å². The molecule has 0 aromatic heterocycles. The molecule has 1 saturated carbocycles. The maximum Gasteiger partial charge on any atom is 0.120 e. The third kappa shape index (κ3) is 5.50. The molecule has 0 heterocycles. The van der Waals surface area contributed by atoms with Gasteiger partial charge in [-0.2, -0.15) is 0 Å². The highest BCUT2D eigenvalue weighted by Crippen LogP contribution is 2.27. The Morgan fingerprint density at radius 1 is 1.35 bits per heavy atom. The van der Waals surface area contributed by atoms with Crippen molar-refractivity contribution in [1.29, 1.82) is 0 Å². The van der Waals surface area contributed by atoms with E-state index in [-0.39, 0.29) is 6.04 Å². The van der Waals surface area contributed by atoms with Gasteiger partial charge >= 0.3 is 0 Å². The van der Waals surface area contributed by atoms with E-state index < -0.39 is 0 Å². The van der Waals surface area contributed by atoms with Crippen molar-refractivity contribution in [2.75, 3.05) is 14.1 Å². The Kier molecular flexibility index (Phi) is 7.99. The normalized spacial score (nSPS) is 15.7. The van der Waals surface area contributed by atoms with Crippen LogP contribution < -0.4 is 10.1 Å². The number of hydrogen-bond acceptors (Lipinski definition) is 3. The van der Waals surface area contributed by atoms with Crippen molar-refractivity contribution >= 4 is 6.08 Å². The van der Waals surface area contributed by atoms with E-state index in [1.807, 2.05) is 19.2 Å². The number of nitrogens with zero attached hydrogens (tertiary/aromatic N) is 1. The summed E-state index contributed by atoms with van der Waals surface area (Å²) in [6, 6.07) is 6.63. The van der Waals surface area contributed by atoms with Crippen molar-refractivity contribution in [2.24, 2.45) is 0 Å². The molecule has 1 unspecified atom stereocenters. The van der Waals surface area contributed by atoms with Gasteiger partial charge in [0.2, 0.25) is 0 Å². The minimum atomic E-state index is 0.259. The van der Waals surface area contributed by atoms with Gasteiger partial charge in [0.15, 0.2) is 0 Å². The Morgan fingerprint density at radius 3 is 2.69 bits per heavy atom. The van der Waals surface area contributed by atoms with Crippen molar-refractivity contribution in [3.8, 4) is 5.75 Å². The summed E-state index contributed by atoms with van der Waals surface area (Å²) >= 11 is 0. The largest absolute Gasteiger partial charge is 0.490 e. The van der Waals surface area contributed by atoms with Gasteiger partial charge in [-0.3, -0.25) is 4.90 Å². The van der Waals surface area contributed by atoms with Crippen LogP contribution in [0.25, 0.3) is 6.08 Å². The Bertz CT molecular complexity index is 617. The van der Waals surface area contributed by atoms with Crippen molar-refractivity contribution in [3.63, 3.8) is 0 Å². The summed E-state index contributed by atoms with van der Waals surface area (Å²) in [5, 5.41) is 3.21. The lowest BCUT2D eigenvalue weighted by Crippen LogP contribution is -2.36. The van der Waals surface area contributed by atoms with E-state index in [9.17, 15) is 0 Å². The molecule has 1 aliphatic rings. The Labute approximate surface area is 159 Å². The molecule has 0 radical (unpaired) electrons. The van der Waals surface area contributed by atoms with Crippen LogP contribution in [0.4, 0.5) is 0 Å². The molecule has 142 valence electrons. The molecule has 1 aromatic carbocycles. The van der Waals surface area contributed by atoms with Crippen molar-refractivity contribution in [2.45, 2.75) is 57.2 Å². The van der Waals surface area contributed by atoms with Gasteiger partial charge < -0.3 is 10.1 Å². The standard InChI is InChI=1S/C23H34N2O/c1-6-8-13-23(18(3)24-4)25(5)17-20-16-22(15-14-19(20)7-2)26-21-11-9-10-12-21/h6-7,14-16,21,23-24H,1-3,8-13,17H2,4-5H3. The molecule has 3 heteroatoms. The van der Waals surface area contributed by atoms with E-state index in [1.165, 1.54) is 31.2 Å². The highest BCUT2D eigenvalue weighted by atomic mass is 16.5. The molecular weight excluding hydrogens is 320 g/mol. The summed E-state index contributed by atoms with van der Waals surface area (Å²) in [6.45, 7) is 12.8. The minimum absolute atomic E-state index is 0.259. The molecule has 1 atom stereocenters. The monoisotopic (exact) mass is 354 g/mol. The number of likely N-dealkylation sites (N-methyl/N-ethyl adjacent to an activating group) is 2. The lowest BCUT2D eigenvalue weighted by atomic mass is 10.0. The first-order valence-corrected chi connectivity index (χ1v) is 9.68. The zero-order valence-corrected chi connectivity index (χ0v) is 16.5. The number of rotatable bonds is 11. The first-order chi connectivity index (χ1) is 12.6. The molecule has 0 bridgehead atoms. The van der Waals surface area contributed by atoms with E-state index in [1.54, 1.807) is 0 Å². The lowest BCUT2D eigenvalue weighted by molar-refractivity contribution is 0.209. The first kappa shape index (κ1) is 20.3. The molecule has 0 saturated heterocycles. The Balaban J connectivity index is 2.14. The smallest absolute Gasteiger partial charge is 0.120 e. The maximum atomic E-state index is 6.20. The highest BCUT2D eigenvalue weighted by molar-refractivity contribution is 5.54. The number of nitrogens with one attached hydrogen (secondary N) is 1. The number of benzene rings is 1. The molecule has 2 rings (SSSR count). The van der Waals surface area contributed by atoms with Crippen LogP contribution in [0.2, 0.25) is 0 Å². The number of hydrogen-bond donors (Lipinski definition) is 1. The molecule has 1 aromatic rings. The lowest BCUT2D eigenvalue weighted by Gasteiger charge is -2.30. The zero-order chi connectivity index (χ0) is 18.9. The van der Waals surface area contributed by atoms with Gasteiger partial charge in [-0.15, -0.1) is 6.58 Å². The zero-order valence-electron chi connectivity index (χ0n) is 16.5. The molecule has 26 heavy (non-hydrogen) atoms. The summed E-state index contributed by atoms with van der Waals surface area (Å²) in [5.41, 5.74) is 3.44. The molecule has 0 spiro atoms. The predicted molar refractivity (Wildman–Crippen MR) is 112 cm³/mol. The summed E-state index contributed by atoms with van der Waals surface area (Å²) in [6.07, 6.45) is 11.1. The van der Waals surface area contributed by atoms with E-state index >= 15 is 0 Å². The average molecular weight is 355 g/mol. The van der Waals surface area contributed by atoms with Gasteiger partial charge in [-0.05, 0) is 68.8 Å². The fraction of sp³-hybridized carbons (Fsp3) is 0.478. The van der Waals surface area contributed by atoms with E-state index in [0.29, 0.717) is 6.10 Å². The maximum absolute atomic E-state index is 6.20. The Morgan fingerprint density at radius 2 is 2.08 bits per heavy atom. The molecule has 0 amide bonds. The fourth-order valence-corrected chi connectivity index (χ4v) is 3.67. The summed E-state index contributed by atoms with van der Waals surface area (Å²) in [7, 11) is 4.08. The minimum Gasteiger partial charge on any atom is -0.490 e. The van der Waals surface area contributed by atoms with Gasteiger partial charge in [0, 0.05) is 25.3 Å². The fourth-order valence-electron chi connectivity index (χ4n) is 3.67. The predicted octanol–water partition coefficient (Wildman–Crippen LogP) is 5.15. The summed E-state index contributed by atoms with van der Waals surface area (Å²) < 4.78 is 6.20. The van der Waals surface area contributed by atoms with Crippen LogP contribution in [0.1, 0.15) is 49.7 Å². The molecule has 1 aliphatic carbocycles. The van der Waals surface area contributed by atoms with Crippen LogP contribution in [0.3, 0.4) is 0 Å². The van der Waals surface area contributed by atoms with Crippen LogP contribution in [-0.4, -0.2) is 31.1 Å². The average Bonchev–Trinajstić information content (AvgIpc) is 3.15. The van der Waals surface area contributed by atoms with Crippen LogP contribution in [-0.2, 0) is 6.54 Å². The molecule has 1 fully saturated rings. The second-order valence-electron chi connectivity index (χ2n) is 7.16. The number of allylic oxidation sites excluding steroid dienone is 1. The molecule has 3 nitrogen and oxygen atoms in total. The van der Waals surface area contributed by atoms with Crippen molar-refractivity contribution < 1.29 is 4.74 Å². The second-order valence-corrected chi connectivity index (χ2v) is 7.16. The quantitative estimate of drug-likeness (QED) is 0.556. The van der Waals surface area contributed by atoms with Crippen molar-refractivity contribution in [3.05, 3.63) is 60.8 Å². The van der Waals surface area contributed by atoms with Gasteiger partial charge in [-0.25, -0.2) is 0 Å². The second kappa shape index (κ2) is 10.2. The summed E-state index contributed by atoms with van der Waals surface area (Å²) in [4.78, 5) is 2.34. The number of ether oxygens (including phenoxy) is 1. The van der Waals surface area contributed by atoms with Gasteiger partial charge in [0.1, 0.15) is 5.75 Å².